The van der Waals surface area contributed by atoms with Crippen molar-refractivity contribution in [2.24, 2.45) is 5.92 Å². The van der Waals surface area contributed by atoms with Crippen LogP contribution in [0.2, 0.25) is 6.82 Å². The average molecular weight is 156 g/mol. The summed E-state index contributed by atoms with van der Waals surface area (Å²) in [5, 5.41) is 0. The zero-order valence-corrected chi connectivity index (χ0v) is 7.63. The Hall–Kier alpha value is -0.665. The van der Waals surface area contributed by atoms with Crippen molar-refractivity contribution in [3.8, 4) is 0 Å². The van der Waals surface area contributed by atoms with Crippen LogP contribution in [-0.4, -0.2) is 32.0 Å². The summed E-state index contributed by atoms with van der Waals surface area (Å²) in [7, 11) is 3.34. The van der Waals surface area contributed by atoms with Crippen LogP contribution in [0.1, 0.15) is 13.8 Å². The largest absolute Gasteiger partial charge is 0.450 e. The molecule has 0 unspecified atom stereocenters. The average Bonchev–Trinajstić information content (AvgIpc) is 1.98. The van der Waals surface area contributed by atoms with Crippen LogP contribution in [-0.2, 0) is 4.74 Å². The van der Waals surface area contributed by atoms with E-state index in [-0.39, 0.29) is 6.09 Å². The van der Waals surface area contributed by atoms with Gasteiger partial charge >= 0.3 is 6.09 Å². The van der Waals surface area contributed by atoms with Crippen molar-refractivity contribution >= 4 is 13.5 Å². The lowest BCUT2D eigenvalue weighted by Gasteiger charge is -2.14. The maximum Gasteiger partial charge on any atom is 0.396 e. The second-order valence-corrected chi connectivity index (χ2v) is 2.84. The lowest BCUT2D eigenvalue weighted by Crippen LogP contribution is -2.30. The summed E-state index contributed by atoms with van der Waals surface area (Å²) in [5.74, 6) is 0.393. The van der Waals surface area contributed by atoms with Gasteiger partial charge in [-0.2, -0.15) is 0 Å². The molecule has 0 bridgehead atoms. The highest BCUT2D eigenvalue weighted by Crippen LogP contribution is 1.95. The number of hydrogen-bond acceptors (Lipinski definition) is 2. The summed E-state index contributed by atoms with van der Waals surface area (Å²) in [6, 6.07) is 0. The molecule has 0 aromatic heterocycles. The van der Waals surface area contributed by atoms with E-state index in [1.165, 1.54) is 4.81 Å². The number of rotatable bonds is 3. The Morgan fingerprint density at radius 3 is 2.55 bits per heavy atom. The first kappa shape index (κ1) is 10.3. The first-order valence-electron chi connectivity index (χ1n) is 3.77. The molecule has 1 amide bonds. The molecule has 0 heterocycles. The lowest BCUT2D eigenvalue weighted by atomic mass is 9.98. The fourth-order valence-corrected chi connectivity index (χ4v) is 0.445. The number of ether oxygens (including phenoxy) is 1. The molecule has 0 saturated carbocycles. The van der Waals surface area contributed by atoms with E-state index < -0.39 is 0 Å². The number of nitrogens with zero attached hydrogens (tertiary/aromatic N) is 1. The fraction of sp³-hybridized carbons (Fsp3) is 0.857. The molecule has 3 nitrogen and oxygen atoms in total. The highest BCUT2D eigenvalue weighted by molar-refractivity contribution is 6.34. The number of carbonyl (C=O) groups excluding carboxylic acids is 1. The van der Waals surface area contributed by atoms with E-state index >= 15 is 0 Å². The highest BCUT2D eigenvalue weighted by atomic mass is 16.6. The minimum atomic E-state index is -0.291. The van der Waals surface area contributed by atoms with Gasteiger partial charge in [0.05, 0.1) is 6.61 Å². The maximum atomic E-state index is 11.0. The van der Waals surface area contributed by atoms with Crippen LogP contribution in [0.25, 0.3) is 0 Å². The quantitative estimate of drug-likeness (QED) is 0.577. The van der Waals surface area contributed by atoms with Gasteiger partial charge in [0.15, 0.2) is 0 Å². The van der Waals surface area contributed by atoms with Gasteiger partial charge < -0.3 is 9.55 Å². The molecule has 63 valence electrons. The van der Waals surface area contributed by atoms with Crippen molar-refractivity contribution in [3.63, 3.8) is 0 Å². The molecule has 0 N–H and O–H groups in total. The molecule has 4 heteroatoms. The second-order valence-electron chi connectivity index (χ2n) is 2.84. The topological polar surface area (TPSA) is 29.5 Å². The second kappa shape index (κ2) is 5.05. The Morgan fingerprint density at radius 2 is 2.18 bits per heavy atom. The van der Waals surface area contributed by atoms with Crippen LogP contribution >= 0.6 is 0 Å². The molecule has 0 fully saturated rings. The van der Waals surface area contributed by atoms with Crippen LogP contribution in [0.4, 0.5) is 4.79 Å². The van der Waals surface area contributed by atoms with Gasteiger partial charge in [0.2, 0.25) is 0 Å². The molecule has 0 aliphatic rings. The molecule has 0 aromatic carbocycles. The number of hydrogen-bond donors (Lipinski definition) is 0. The van der Waals surface area contributed by atoms with E-state index in [1.54, 1.807) is 21.3 Å². The van der Waals surface area contributed by atoms with Crippen LogP contribution < -0.4 is 0 Å². The zero-order valence-electron chi connectivity index (χ0n) is 7.63. The number of carbonyl (C=O) groups is 1. The van der Waals surface area contributed by atoms with Crippen LogP contribution in [0.3, 0.4) is 0 Å². The summed E-state index contributed by atoms with van der Waals surface area (Å²) < 4.78 is 4.91. The van der Waals surface area contributed by atoms with Gasteiger partial charge in [0.1, 0.15) is 0 Å². The first-order chi connectivity index (χ1) is 5.07. The summed E-state index contributed by atoms with van der Waals surface area (Å²) in [4.78, 5) is 12.4. The third kappa shape index (κ3) is 4.70. The maximum absolute atomic E-state index is 11.0. The summed E-state index contributed by atoms with van der Waals surface area (Å²) in [6.07, 6.45) is -0.291. The van der Waals surface area contributed by atoms with Gasteiger partial charge in [0, 0.05) is 0 Å². The Labute approximate surface area is 69.0 Å². The van der Waals surface area contributed by atoms with E-state index in [9.17, 15) is 4.79 Å². The van der Waals surface area contributed by atoms with Gasteiger partial charge in [-0.3, -0.25) is 0 Å². The molecular formula is C7H15BNO2. The van der Waals surface area contributed by atoms with Crippen LogP contribution in [0, 0.1) is 5.92 Å². The first-order valence-corrected chi connectivity index (χ1v) is 3.77. The highest BCUT2D eigenvalue weighted by Gasteiger charge is 2.07. The standard InChI is InChI=1S/C7H15BNO2/c1-6(2)5-11-7(10)9(4)8-3/h6H,5H2,1-4H3. The SMILES string of the molecule is C[B]N(C)C(=O)OCC(C)C. The summed E-state index contributed by atoms with van der Waals surface area (Å²) in [5.41, 5.74) is 0. The minimum Gasteiger partial charge on any atom is -0.450 e. The third-order valence-corrected chi connectivity index (χ3v) is 1.22. The van der Waals surface area contributed by atoms with Crippen molar-refractivity contribution < 1.29 is 9.53 Å². The van der Waals surface area contributed by atoms with E-state index in [0.29, 0.717) is 12.5 Å². The molecule has 0 aliphatic carbocycles. The van der Waals surface area contributed by atoms with Crippen molar-refractivity contribution in [1.29, 1.82) is 0 Å². The molecule has 1 radical (unpaired) electrons. The van der Waals surface area contributed by atoms with Gasteiger partial charge in [0.25, 0.3) is 7.41 Å². The predicted octanol–water partition coefficient (Wildman–Crippen LogP) is 1.38. The van der Waals surface area contributed by atoms with Gasteiger partial charge in [-0.05, 0) is 13.0 Å². The van der Waals surface area contributed by atoms with E-state index in [2.05, 4.69) is 0 Å². The smallest absolute Gasteiger partial charge is 0.396 e. The fourth-order valence-electron chi connectivity index (χ4n) is 0.445. The molecule has 0 aromatic rings. The third-order valence-electron chi connectivity index (χ3n) is 1.22. The molecule has 11 heavy (non-hydrogen) atoms. The van der Waals surface area contributed by atoms with Crippen molar-refractivity contribution in [2.75, 3.05) is 13.7 Å². The van der Waals surface area contributed by atoms with Crippen LogP contribution in [0.5, 0.6) is 0 Å². The molecular weight excluding hydrogens is 141 g/mol. The Balaban J connectivity index is 3.52. The van der Waals surface area contributed by atoms with Crippen molar-refractivity contribution in [1.82, 2.24) is 4.81 Å². The van der Waals surface area contributed by atoms with Gasteiger partial charge in [-0.25, -0.2) is 4.79 Å². The van der Waals surface area contributed by atoms with Crippen molar-refractivity contribution in [3.05, 3.63) is 0 Å². The van der Waals surface area contributed by atoms with E-state index in [4.69, 9.17) is 4.74 Å². The molecule has 0 rings (SSSR count). The Kier molecular flexibility index (Phi) is 4.74. The van der Waals surface area contributed by atoms with Crippen molar-refractivity contribution in [2.45, 2.75) is 20.7 Å². The predicted molar refractivity (Wildman–Crippen MR) is 45.6 cm³/mol. The lowest BCUT2D eigenvalue weighted by molar-refractivity contribution is 0.118. The zero-order chi connectivity index (χ0) is 8.85. The van der Waals surface area contributed by atoms with E-state index in [1.807, 2.05) is 13.8 Å². The summed E-state index contributed by atoms with van der Waals surface area (Å²) in [6.45, 7) is 6.28. The van der Waals surface area contributed by atoms with Gasteiger partial charge in [-0.15, -0.1) is 0 Å². The molecule has 0 saturated heterocycles. The van der Waals surface area contributed by atoms with E-state index in [0.717, 1.165) is 0 Å². The van der Waals surface area contributed by atoms with Crippen LogP contribution in [0.15, 0.2) is 0 Å². The Bertz CT molecular complexity index is 128. The monoisotopic (exact) mass is 156 g/mol. The minimum absolute atomic E-state index is 0.291. The molecule has 0 aliphatic heterocycles. The molecule has 0 atom stereocenters. The normalized spacial score (nSPS) is 9.55. The molecule has 0 spiro atoms. The van der Waals surface area contributed by atoms with Gasteiger partial charge in [-0.1, -0.05) is 20.7 Å². The number of amides is 1. The Morgan fingerprint density at radius 1 is 1.64 bits per heavy atom. The summed E-state index contributed by atoms with van der Waals surface area (Å²) >= 11 is 0.